The Kier molecular flexibility index (Phi) is 4.04. The van der Waals surface area contributed by atoms with Crippen LogP contribution in [0, 0.1) is 22.7 Å². The molecule has 2 unspecified atom stereocenters. The van der Waals surface area contributed by atoms with Gasteiger partial charge in [0.1, 0.15) is 0 Å². The van der Waals surface area contributed by atoms with Crippen molar-refractivity contribution >= 4 is 46.4 Å². The van der Waals surface area contributed by atoms with E-state index in [2.05, 4.69) is 5.32 Å². The minimum atomic E-state index is -1.25. The van der Waals surface area contributed by atoms with Crippen molar-refractivity contribution in [2.45, 2.75) is 33.6 Å². The predicted octanol–water partition coefficient (Wildman–Crippen LogP) is 4.14. The summed E-state index contributed by atoms with van der Waals surface area (Å²) < 4.78 is 0. The predicted molar refractivity (Wildman–Crippen MR) is 93.2 cm³/mol. The number of hydrogen-bond donors (Lipinski definition) is 1. The van der Waals surface area contributed by atoms with Crippen molar-refractivity contribution in [3.8, 4) is 0 Å². The summed E-state index contributed by atoms with van der Waals surface area (Å²) in [7, 11) is 0. The zero-order valence-corrected chi connectivity index (χ0v) is 15.3. The minimum Gasteiger partial charge on any atom is -0.325 e. The fourth-order valence-electron chi connectivity index (χ4n) is 4.12. The number of ketones is 2. The molecular weight excluding hydrogens is 349 g/mol. The Morgan fingerprint density at radius 1 is 1.17 bits per heavy atom. The highest BCUT2D eigenvalue weighted by atomic mass is 35.5. The molecule has 6 heteroatoms. The first-order chi connectivity index (χ1) is 11.1. The van der Waals surface area contributed by atoms with Crippen LogP contribution in [0.25, 0.3) is 0 Å². The maximum Gasteiger partial charge on any atom is 0.242 e. The van der Waals surface area contributed by atoms with E-state index in [0.717, 1.165) is 0 Å². The van der Waals surface area contributed by atoms with Crippen molar-refractivity contribution in [1.82, 2.24) is 0 Å². The van der Waals surface area contributed by atoms with E-state index in [0.29, 0.717) is 28.6 Å². The molecule has 2 aliphatic carbocycles. The van der Waals surface area contributed by atoms with Crippen molar-refractivity contribution in [3.05, 3.63) is 28.2 Å². The van der Waals surface area contributed by atoms with E-state index in [1.807, 2.05) is 20.8 Å². The standard InChI is InChI=1S/C18H19Cl2NO3/c1-17(2)10-6-7-18(17,3)15(23)13(14(10)22)16(24)21-9-4-5-11(19)12(20)8-9/h4-5,8,10,13H,6-7H2,1-3H3,(H,21,24)/t10?,13?,18-/m0/s1. The summed E-state index contributed by atoms with van der Waals surface area (Å²) in [5, 5.41) is 3.29. The molecule has 0 saturated heterocycles. The van der Waals surface area contributed by atoms with E-state index in [1.165, 1.54) is 6.07 Å². The van der Waals surface area contributed by atoms with Gasteiger partial charge in [-0.2, -0.15) is 0 Å². The van der Waals surface area contributed by atoms with Gasteiger partial charge < -0.3 is 5.32 Å². The Hall–Kier alpha value is -1.39. The van der Waals surface area contributed by atoms with Gasteiger partial charge in [0.2, 0.25) is 5.91 Å². The van der Waals surface area contributed by atoms with Gasteiger partial charge in [0.25, 0.3) is 0 Å². The molecule has 0 spiro atoms. The molecule has 2 aliphatic rings. The number of Topliss-reactive ketones (excluding diaryl/α,β-unsaturated/α-hetero) is 2. The Bertz CT molecular complexity index is 759. The molecule has 0 radical (unpaired) electrons. The average Bonchev–Trinajstić information content (AvgIpc) is 2.67. The smallest absolute Gasteiger partial charge is 0.242 e. The molecular formula is C18H19Cl2NO3. The van der Waals surface area contributed by atoms with Crippen molar-refractivity contribution in [3.63, 3.8) is 0 Å². The second kappa shape index (κ2) is 5.57. The van der Waals surface area contributed by atoms with E-state index >= 15 is 0 Å². The molecule has 1 aromatic rings. The summed E-state index contributed by atoms with van der Waals surface area (Å²) in [6, 6.07) is 4.64. The van der Waals surface area contributed by atoms with Gasteiger partial charge in [0.05, 0.1) is 10.0 Å². The van der Waals surface area contributed by atoms with Gasteiger partial charge >= 0.3 is 0 Å². The fourth-order valence-corrected chi connectivity index (χ4v) is 4.42. The first-order valence-electron chi connectivity index (χ1n) is 7.93. The highest BCUT2D eigenvalue weighted by Crippen LogP contribution is 2.61. The number of carbonyl (C=O) groups is 3. The summed E-state index contributed by atoms with van der Waals surface area (Å²) in [6.07, 6.45) is 1.30. The number of halogens is 2. The van der Waals surface area contributed by atoms with Crippen molar-refractivity contribution < 1.29 is 14.4 Å². The quantitative estimate of drug-likeness (QED) is 0.798. The Balaban J connectivity index is 1.89. The molecule has 2 saturated carbocycles. The number of fused-ring (bicyclic) bond motifs is 2. The van der Waals surface area contributed by atoms with Crippen molar-refractivity contribution in [2.24, 2.45) is 22.7 Å². The first-order valence-corrected chi connectivity index (χ1v) is 8.69. The minimum absolute atomic E-state index is 0.259. The molecule has 1 aromatic carbocycles. The molecule has 24 heavy (non-hydrogen) atoms. The monoisotopic (exact) mass is 367 g/mol. The summed E-state index contributed by atoms with van der Waals surface area (Å²) in [5.41, 5.74) is -0.649. The number of anilines is 1. The zero-order chi connectivity index (χ0) is 17.9. The number of carbonyl (C=O) groups excluding carboxylic acids is 3. The third-order valence-electron chi connectivity index (χ3n) is 6.11. The molecule has 0 aromatic heterocycles. The molecule has 0 aliphatic heterocycles. The maximum absolute atomic E-state index is 13.0. The van der Waals surface area contributed by atoms with E-state index < -0.39 is 22.7 Å². The van der Waals surface area contributed by atoms with Crippen LogP contribution in [0.15, 0.2) is 18.2 Å². The van der Waals surface area contributed by atoms with Gasteiger partial charge in [0.15, 0.2) is 17.5 Å². The van der Waals surface area contributed by atoms with Crippen LogP contribution < -0.4 is 5.32 Å². The van der Waals surface area contributed by atoms with Crippen LogP contribution in [0.3, 0.4) is 0 Å². The third-order valence-corrected chi connectivity index (χ3v) is 6.85. The van der Waals surface area contributed by atoms with Crippen molar-refractivity contribution in [2.75, 3.05) is 5.32 Å². The first kappa shape index (κ1) is 17.4. The number of hydrogen-bond acceptors (Lipinski definition) is 3. The number of nitrogens with one attached hydrogen (secondary N) is 1. The molecule has 4 nitrogen and oxygen atoms in total. The van der Waals surface area contributed by atoms with Crippen LogP contribution in [-0.4, -0.2) is 17.5 Å². The second-order valence-electron chi connectivity index (χ2n) is 7.46. The molecule has 3 rings (SSSR count). The van der Waals surface area contributed by atoms with Crippen LogP contribution in [0.4, 0.5) is 5.69 Å². The van der Waals surface area contributed by atoms with Crippen molar-refractivity contribution in [1.29, 1.82) is 0 Å². The lowest BCUT2D eigenvalue weighted by Crippen LogP contribution is -2.56. The maximum atomic E-state index is 13.0. The molecule has 0 heterocycles. The lowest BCUT2D eigenvalue weighted by Gasteiger charge is -2.46. The van der Waals surface area contributed by atoms with Crippen LogP contribution in [0.5, 0.6) is 0 Å². The second-order valence-corrected chi connectivity index (χ2v) is 8.28. The van der Waals surface area contributed by atoms with E-state index in [-0.39, 0.29) is 17.5 Å². The fraction of sp³-hybridized carbons (Fsp3) is 0.500. The summed E-state index contributed by atoms with van der Waals surface area (Å²) >= 11 is 11.8. The summed E-state index contributed by atoms with van der Waals surface area (Å²) in [6.45, 7) is 5.78. The van der Waals surface area contributed by atoms with Crippen LogP contribution >= 0.6 is 23.2 Å². The molecule has 1 N–H and O–H groups in total. The van der Waals surface area contributed by atoms with E-state index in [4.69, 9.17) is 23.2 Å². The normalized spacial score (nSPS) is 31.2. The highest BCUT2D eigenvalue weighted by Gasteiger charge is 2.66. The van der Waals surface area contributed by atoms with Crippen LogP contribution in [0.2, 0.25) is 10.0 Å². The SMILES string of the molecule is CC1(C)C2CC[C@@]1(C)C(=O)C(C(=O)Nc1ccc(Cl)c(Cl)c1)C2=O. The molecule has 128 valence electrons. The van der Waals surface area contributed by atoms with Gasteiger partial charge in [-0.25, -0.2) is 0 Å². The molecule has 2 bridgehead atoms. The Morgan fingerprint density at radius 3 is 2.46 bits per heavy atom. The molecule has 2 fully saturated rings. The number of benzene rings is 1. The summed E-state index contributed by atoms with van der Waals surface area (Å²) in [5.74, 6) is -2.63. The largest absolute Gasteiger partial charge is 0.325 e. The van der Waals surface area contributed by atoms with Crippen LogP contribution in [-0.2, 0) is 14.4 Å². The lowest BCUT2D eigenvalue weighted by molar-refractivity contribution is -0.156. The lowest BCUT2D eigenvalue weighted by atomic mass is 9.55. The number of amides is 1. The Morgan fingerprint density at radius 2 is 1.83 bits per heavy atom. The van der Waals surface area contributed by atoms with E-state index in [9.17, 15) is 14.4 Å². The van der Waals surface area contributed by atoms with Gasteiger partial charge in [-0.05, 0) is 36.5 Å². The number of rotatable bonds is 2. The third kappa shape index (κ3) is 2.31. The highest BCUT2D eigenvalue weighted by molar-refractivity contribution is 6.42. The molecule has 3 atom stereocenters. The summed E-state index contributed by atoms with van der Waals surface area (Å²) in [4.78, 5) is 38.4. The molecule has 1 amide bonds. The zero-order valence-electron chi connectivity index (χ0n) is 13.8. The van der Waals surface area contributed by atoms with Gasteiger partial charge in [-0.1, -0.05) is 44.0 Å². The average molecular weight is 368 g/mol. The van der Waals surface area contributed by atoms with Gasteiger partial charge in [0, 0.05) is 17.0 Å². The Labute approximate surface area is 150 Å². The van der Waals surface area contributed by atoms with Gasteiger partial charge in [-0.3, -0.25) is 14.4 Å². The topological polar surface area (TPSA) is 63.2 Å². The van der Waals surface area contributed by atoms with Gasteiger partial charge in [-0.15, -0.1) is 0 Å². The van der Waals surface area contributed by atoms with Crippen LogP contribution in [0.1, 0.15) is 33.6 Å². The van der Waals surface area contributed by atoms with E-state index in [1.54, 1.807) is 12.1 Å².